The monoisotopic (exact) mass is 297 g/mol. The Hall–Kier alpha value is -2.82. The molecule has 1 aliphatic heterocycles. The van der Waals surface area contributed by atoms with Gasteiger partial charge in [-0.1, -0.05) is 6.07 Å². The van der Waals surface area contributed by atoms with E-state index in [1.165, 1.54) is 14.2 Å². The predicted molar refractivity (Wildman–Crippen MR) is 82.5 cm³/mol. The second kappa shape index (κ2) is 5.18. The van der Waals surface area contributed by atoms with E-state index < -0.39 is 0 Å². The molecule has 5 nitrogen and oxygen atoms in total. The maximum atomic E-state index is 12.5. The normalized spacial score (nSPS) is 13.3. The van der Waals surface area contributed by atoms with Gasteiger partial charge in [-0.2, -0.15) is 4.74 Å². The van der Waals surface area contributed by atoms with Gasteiger partial charge in [-0.25, -0.2) is 0 Å². The van der Waals surface area contributed by atoms with E-state index in [0.717, 1.165) is 5.56 Å². The summed E-state index contributed by atoms with van der Waals surface area (Å²) in [7, 11) is 3.04. The molecule has 0 fully saturated rings. The summed E-state index contributed by atoms with van der Waals surface area (Å²) in [5.41, 5.74) is 2.34. The maximum absolute atomic E-state index is 12.5. The van der Waals surface area contributed by atoms with Gasteiger partial charge in [-0.15, -0.1) is 0 Å². The number of carbonyl (C=O) groups is 1. The molecule has 1 aliphatic rings. The molecule has 1 heterocycles. The van der Waals surface area contributed by atoms with Crippen LogP contribution < -0.4 is 9.47 Å². The second-order valence-corrected chi connectivity index (χ2v) is 5.06. The average molecular weight is 297 g/mol. The van der Waals surface area contributed by atoms with Crippen molar-refractivity contribution in [1.82, 2.24) is 0 Å². The average Bonchev–Trinajstić information content (AvgIpc) is 2.77. The van der Waals surface area contributed by atoms with E-state index in [9.17, 15) is 10.0 Å². The molecule has 0 bridgehead atoms. The number of Topliss-reactive ketones (excluding diaryl/α,β-unsaturated/α-hetero) is 1. The second-order valence-electron chi connectivity index (χ2n) is 5.06. The quantitative estimate of drug-likeness (QED) is 0.645. The smallest absolute Gasteiger partial charge is 0.273 e. The molecule has 0 aromatic heterocycles. The fourth-order valence-electron chi connectivity index (χ4n) is 2.57. The van der Waals surface area contributed by atoms with Crippen LogP contribution in [-0.2, 0) is 0 Å². The number of methoxy groups -OCH3 is 2. The van der Waals surface area contributed by atoms with Crippen LogP contribution in [0.1, 0.15) is 21.5 Å². The summed E-state index contributed by atoms with van der Waals surface area (Å²) in [4.78, 5) is 12.5. The van der Waals surface area contributed by atoms with E-state index in [-0.39, 0.29) is 11.5 Å². The number of ether oxygens (including phenoxy) is 2. The highest BCUT2D eigenvalue weighted by Gasteiger charge is 2.36. The summed E-state index contributed by atoms with van der Waals surface area (Å²) in [5, 5.41) is 12.5. The number of ketones is 1. The molecule has 3 rings (SSSR count). The van der Waals surface area contributed by atoms with E-state index >= 15 is 0 Å². The lowest BCUT2D eigenvalue weighted by molar-refractivity contribution is -0.355. The van der Waals surface area contributed by atoms with Gasteiger partial charge in [-0.3, -0.25) is 4.79 Å². The van der Waals surface area contributed by atoms with Crippen molar-refractivity contribution in [3.63, 3.8) is 0 Å². The molecule has 0 spiro atoms. The maximum Gasteiger partial charge on any atom is 0.273 e. The van der Waals surface area contributed by atoms with Gasteiger partial charge in [0, 0.05) is 6.07 Å². The molecule has 0 N–H and O–H groups in total. The van der Waals surface area contributed by atoms with Gasteiger partial charge in [0.05, 0.1) is 19.8 Å². The van der Waals surface area contributed by atoms with Crippen LogP contribution in [0.4, 0.5) is 5.69 Å². The standard InChI is InChI=1S/C17H15NO4/c1-10-4-6-12-13(8-10)18(20)16(17(12)19)11-5-7-14(21-2)15(9-11)22-3/h4-9H,1-3H3. The zero-order valence-corrected chi connectivity index (χ0v) is 12.5. The van der Waals surface area contributed by atoms with Crippen LogP contribution in [0.15, 0.2) is 36.4 Å². The lowest BCUT2D eigenvalue weighted by Gasteiger charge is -2.08. The predicted octanol–water partition coefficient (Wildman–Crippen LogP) is 2.84. The summed E-state index contributed by atoms with van der Waals surface area (Å²) >= 11 is 0. The van der Waals surface area contributed by atoms with Crippen molar-refractivity contribution in [1.29, 1.82) is 0 Å². The van der Waals surface area contributed by atoms with Gasteiger partial charge in [0.15, 0.2) is 11.5 Å². The van der Waals surface area contributed by atoms with Crippen LogP contribution in [0.5, 0.6) is 11.5 Å². The fourth-order valence-corrected chi connectivity index (χ4v) is 2.57. The Kier molecular flexibility index (Phi) is 3.33. The number of aryl methyl sites for hydroxylation is 1. The van der Waals surface area contributed by atoms with Gasteiger partial charge >= 0.3 is 0 Å². The third-order valence-electron chi connectivity index (χ3n) is 3.69. The zero-order chi connectivity index (χ0) is 15.9. The van der Waals surface area contributed by atoms with E-state index in [2.05, 4.69) is 0 Å². The highest BCUT2D eigenvalue weighted by Crippen LogP contribution is 2.32. The Morgan fingerprint density at radius 1 is 1.00 bits per heavy atom. The highest BCUT2D eigenvalue weighted by molar-refractivity contribution is 6.52. The molecule has 0 aliphatic carbocycles. The van der Waals surface area contributed by atoms with Crippen molar-refractivity contribution >= 4 is 17.2 Å². The summed E-state index contributed by atoms with van der Waals surface area (Å²) in [6, 6.07) is 10.2. The van der Waals surface area contributed by atoms with Crippen molar-refractivity contribution in [2.45, 2.75) is 6.92 Å². The third-order valence-corrected chi connectivity index (χ3v) is 3.69. The first-order valence-electron chi connectivity index (χ1n) is 6.78. The Morgan fingerprint density at radius 3 is 2.41 bits per heavy atom. The summed E-state index contributed by atoms with van der Waals surface area (Å²) in [6.45, 7) is 1.88. The van der Waals surface area contributed by atoms with E-state index in [1.54, 1.807) is 30.3 Å². The molecule has 0 saturated carbocycles. The number of benzene rings is 2. The number of rotatable bonds is 3. The van der Waals surface area contributed by atoms with Crippen LogP contribution >= 0.6 is 0 Å². The Morgan fingerprint density at radius 2 is 1.73 bits per heavy atom. The first-order chi connectivity index (χ1) is 10.6. The van der Waals surface area contributed by atoms with Crippen LogP contribution in [0.3, 0.4) is 0 Å². The molecular weight excluding hydrogens is 282 g/mol. The highest BCUT2D eigenvalue weighted by atomic mass is 16.5. The van der Waals surface area contributed by atoms with Gasteiger partial charge in [0.2, 0.25) is 5.69 Å². The van der Waals surface area contributed by atoms with Gasteiger partial charge in [0.1, 0.15) is 5.56 Å². The first-order valence-corrected chi connectivity index (χ1v) is 6.78. The minimum Gasteiger partial charge on any atom is -0.618 e. The van der Waals surface area contributed by atoms with Crippen molar-refractivity contribution in [3.05, 3.63) is 58.3 Å². The van der Waals surface area contributed by atoms with Crippen molar-refractivity contribution in [3.8, 4) is 11.5 Å². The molecule has 2 aromatic carbocycles. The zero-order valence-electron chi connectivity index (χ0n) is 12.5. The van der Waals surface area contributed by atoms with Crippen LogP contribution in [0.2, 0.25) is 0 Å². The van der Waals surface area contributed by atoms with Crippen molar-refractivity contribution in [2.24, 2.45) is 0 Å². The third kappa shape index (κ3) is 2.02. The molecule has 0 unspecified atom stereocenters. The van der Waals surface area contributed by atoms with Gasteiger partial charge in [-0.05, 0) is 36.8 Å². The van der Waals surface area contributed by atoms with Gasteiger partial charge in [0.25, 0.3) is 11.5 Å². The van der Waals surface area contributed by atoms with Crippen LogP contribution in [-0.4, -0.2) is 30.5 Å². The fraction of sp³-hybridized carbons (Fsp3) is 0.176. The summed E-state index contributed by atoms with van der Waals surface area (Å²) in [6.07, 6.45) is 0. The Balaban J connectivity index is 2.15. The topological polar surface area (TPSA) is 61.6 Å². The number of nitrogens with zero attached hydrogens (tertiary/aromatic N) is 1. The lowest BCUT2D eigenvalue weighted by Crippen LogP contribution is -2.16. The Bertz CT molecular complexity index is 808. The molecule has 2 aromatic rings. The van der Waals surface area contributed by atoms with E-state index in [0.29, 0.717) is 33.1 Å². The molecular formula is C17H15NO4. The minimum atomic E-state index is -0.280. The largest absolute Gasteiger partial charge is 0.618 e. The van der Waals surface area contributed by atoms with E-state index in [1.807, 2.05) is 13.0 Å². The lowest BCUT2D eigenvalue weighted by atomic mass is 10.0. The molecule has 0 radical (unpaired) electrons. The molecule has 0 amide bonds. The number of hydrogen-bond donors (Lipinski definition) is 0. The molecule has 5 heteroatoms. The van der Waals surface area contributed by atoms with E-state index in [4.69, 9.17) is 9.47 Å². The SMILES string of the molecule is COc1ccc(C2=[N+]([O-])c3cc(C)ccc3C2=O)cc1OC. The minimum absolute atomic E-state index is 0.0987. The summed E-state index contributed by atoms with van der Waals surface area (Å²) in [5.74, 6) is 0.737. The first kappa shape index (κ1) is 14.1. The Labute approximate surface area is 128 Å². The van der Waals surface area contributed by atoms with Gasteiger partial charge < -0.3 is 14.7 Å². The molecule has 112 valence electrons. The summed E-state index contributed by atoms with van der Waals surface area (Å²) < 4.78 is 11.1. The number of carbonyl (C=O) groups excluding carboxylic acids is 1. The molecule has 0 saturated heterocycles. The molecule has 22 heavy (non-hydrogen) atoms. The number of hydrogen-bond acceptors (Lipinski definition) is 4. The van der Waals surface area contributed by atoms with Crippen LogP contribution in [0.25, 0.3) is 0 Å². The van der Waals surface area contributed by atoms with Crippen LogP contribution in [0, 0.1) is 12.1 Å². The molecule has 0 atom stereocenters. The number of fused-ring (bicyclic) bond motifs is 1. The van der Waals surface area contributed by atoms with Crippen molar-refractivity contribution in [2.75, 3.05) is 14.2 Å². The van der Waals surface area contributed by atoms with Crippen molar-refractivity contribution < 1.29 is 19.0 Å².